The third kappa shape index (κ3) is 8.08. The molecule has 0 saturated carbocycles. The minimum Gasteiger partial charge on any atom is -0.311 e. The lowest BCUT2D eigenvalue weighted by Gasteiger charge is -2.26. The van der Waals surface area contributed by atoms with E-state index in [-0.39, 0.29) is 0 Å². The van der Waals surface area contributed by atoms with E-state index < -0.39 is 0 Å². The van der Waals surface area contributed by atoms with Gasteiger partial charge in [0.25, 0.3) is 0 Å². The van der Waals surface area contributed by atoms with Gasteiger partial charge in [-0.25, -0.2) is 0 Å². The molecule has 14 rings (SSSR count). The van der Waals surface area contributed by atoms with Crippen molar-refractivity contribution >= 4 is 70.4 Å². The minimum atomic E-state index is 1.09. The maximum absolute atomic E-state index is 2.45. The van der Waals surface area contributed by atoms with E-state index in [1.807, 2.05) is 11.3 Å². The summed E-state index contributed by atoms with van der Waals surface area (Å²) in [6.07, 6.45) is 0. The van der Waals surface area contributed by atoms with Gasteiger partial charge in [-0.1, -0.05) is 231 Å². The van der Waals surface area contributed by atoms with Crippen molar-refractivity contribution in [1.29, 1.82) is 0 Å². The Hall–Kier alpha value is -9.54. The van der Waals surface area contributed by atoms with E-state index in [0.717, 1.165) is 28.3 Å². The van der Waals surface area contributed by atoms with Crippen LogP contribution in [0.25, 0.3) is 114 Å². The van der Waals surface area contributed by atoms with E-state index in [4.69, 9.17) is 0 Å². The van der Waals surface area contributed by atoms with E-state index in [1.54, 1.807) is 0 Å². The number of para-hydroxylation sites is 2. The molecule has 75 heavy (non-hydrogen) atoms. The summed E-state index contributed by atoms with van der Waals surface area (Å²) in [5.41, 5.74) is 21.2. The largest absolute Gasteiger partial charge is 0.311 e. The second-order valence-corrected chi connectivity index (χ2v) is 20.3. The summed E-state index contributed by atoms with van der Waals surface area (Å²) in [5.74, 6) is 0. The number of anilines is 3. The van der Waals surface area contributed by atoms with Crippen LogP contribution >= 0.6 is 11.3 Å². The van der Waals surface area contributed by atoms with E-state index in [2.05, 4.69) is 301 Å². The Morgan fingerprint density at radius 1 is 0.253 bits per heavy atom. The van der Waals surface area contributed by atoms with Crippen molar-refractivity contribution in [2.45, 2.75) is 0 Å². The summed E-state index contributed by atoms with van der Waals surface area (Å²) in [5, 5.41) is 5.12. The molecule has 0 fully saturated rings. The summed E-state index contributed by atoms with van der Waals surface area (Å²) >= 11 is 1.87. The molecule has 0 aliphatic heterocycles. The lowest BCUT2D eigenvalue weighted by atomic mass is 9.98. The van der Waals surface area contributed by atoms with E-state index in [0.29, 0.717) is 0 Å². The second-order valence-electron chi connectivity index (χ2n) is 19.2. The summed E-state index contributed by atoms with van der Waals surface area (Å²) < 4.78 is 5.09. The lowest BCUT2D eigenvalue weighted by Crippen LogP contribution is -2.09. The first kappa shape index (κ1) is 44.2. The Morgan fingerprint density at radius 2 is 0.653 bits per heavy atom. The van der Waals surface area contributed by atoms with Crippen LogP contribution in [0.4, 0.5) is 17.1 Å². The van der Waals surface area contributed by atoms with E-state index in [1.165, 1.54) is 103 Å². The summed E-state index contributed by atoms with van der Waals surface area (Å²) in [4.78, 5) is 2.37. The topological polar surface area (TPSA) is 8.17 Å². The average molecular weight is 973 g/mol. The van der Waals surface area contributed by atoms with Gasteiger partial charge in [0.1, 0.15) is 0 Å². The van der Waals surface area contributed by atoms with Crippen molar-refractivity contribution in [2.24, 2.45) is 0 Å². The maximum atomic E-state index is 2.45. The van der Waals surface area contributed by atoms with Crippen molar-refractivity contribution in [2.75, 3.05) is 4.90 Å². The van der Waals surface area contributed by atoms with Crippen molar-refractivity contribution in [1.82, 2.24) is 4.57 Å². The number of hydrogen-bond donors (Lipinski definition) is 0. The van der Waals surface area contributed by atoms with Gasteiger partial charge < -0.3 is 9.47 Å². The quantitative estimate of drug-likeness (QED) is 0.133. The second kappa shape index (κ2) is 18.8. The molecule has 0 radical (unpaired) electrons. The fraction of sp³-hybridized carbons (Fsp3) is 0. The summed E-state index contributed by atoms with van der Waals surface area (Å²) in [7, 11) is 0. The molecule has 0 bridgehead atoms. The molecule has 0 aliphatic carbocycles. The SMILES string of the molecule is c1ccc(-c2ccc(-c3ccc(N(c4ccc(-c5ccc(-c6ccccc6-n6c7ccccc7c7ccc(-c8ccccc8)cc76)cc5)cc4)c4ccc(-c5cccc6c5sc5ccccc56)cc4)cc3)cc2)cc1. The molecule has 0 spiro atoms. The smallest absolute Gasteiger partial charge is 0.0547 e. The van der Waals surface area contributed by atoms with Crippen LogP contribution in [0.3, 0.4) is 0 Å². The number of rotatable bonds is 10. The molecule has 0 unspecified atom stereocenters. The highest BCUT2D eigenvalue weighted by atomic mass is 32.1. The van der Waals surface area contributed by atoms with Gasteiger partial charge in [-0.3, -0.25) is 0 Å². The highest BCUT2D eigenvalue weighted by Gasteiger charge is 2.19. The van der Waals surface area contributed by atoms with Gasteiger partial charge in [0, 0.05) is 53.6 Å². The Labute approximate surface area is 440 Å². The predicted molar refractivity (Wildman–Crippen MR) is 321 cm³/mol. The molecule has 2 nitrogen and oxygen atoms in total. The van der Waals surface area contributed by atoms with Gasteiger partial charge in [-0.15, -0.1) is 11.3 Å². The first-order chi connectivity index (χ1) is 37.2. The molecule has 0 saturated heterocycles. The van der Waals surface area contributed by atoms with Gasteiger partial charge in [0.15, 0.2) is 0 Å². The molecule has 0 amide bonds. The van der Waals surface area contributed by atoms with E-state index in [9.17, 15) is 0 Å². The van der Waals surface area contributed by atoms with Gasteiger partial charge in [-0.05, 0) is 122 Å². The predicted octanol–water partition coefficient (Wildman–Crippen LogP) is 20.6. The van der Waals surface area contributed by atoms with Crippen LogP contribution in [0.1, 0.15) is 0 Å². The van der Waals surface area contributed by atoms with Gasteiger partial charge in [-0.2, -0.15) is 0 Å². The Bertz CT molecular complexity index is 4340. The molecule has 2 heterocycles. The number of fused-ring (bicyclic) bond motifs is 6. The molecule has 14 aromatic rings. The first-order valence-corrected chi connectivity index (χ1v) is 26.5. The third-order valence-electron chi connectivity index (χ3n) is 14.9. The van der Waals surface area contributed by atoms with Crippen molar-refractivity contribution in [3.05, 3.63) is 291 Å². The third-order valence-corrected chi connectivity index (χ3v) is 16.1. The molecule has 0 atom stereocenters. The van der Waals surface area contributed by atoms with Crippen LogP contribution < -0.4 is 4.90 Å². The first-order valence-electron chi connectivity index (χ1n) is 25.6. The number of thiophene rings is 1. The van der Waals surface area contributed by atoms with Crippen LogP contribution in [0, 0.1) is 0 Å². The molecule has 12 aromatic carbocycles. The lowest BCUT2D eigenvalue weighted by molar-refractivity contribution is 1.18. The minimum absolute atomic E-state index is 1.09. The molecule has 2 aromatic heterocycles. The zero-order valence-electron chi connectivity index (χ0n) is 41.0. The van der Waals surface area contributed by atoms with Gasteiger partial charge >= 0.3 is 0 Å². The zero-order chi connectivity index (χ0) is 49.7. The standard InChI is InChI=1S/C72H48N2S/c1-3-14-49(15-4-1)51-26-28-52(29-27-51)54-34-41-59(42-35-54)73(61-45-38-57(39-46-61)63-21-13-22-67-66-20-9-12-25-71(66)75-72(63)67)60-43-36-55(37-44-60)53-30-32-56(33-31-53)62-18-7-10-23-68(62)74-69-24-11-8-19-64(69)65-47-40-58(48-70(65)74)50-16-5-2-6-17-50/h1-48H. The molecule has 352 valence electrons. The van der Waals surface area contributed by atoms with Crippen LogP contribution in [0.5, 0.6) is 0 Å². The van der Waals surface area contributed by atoms with Crippen LogP contribution in [-0.4, -0.2) is 4.57 Å². The number of benzene rings is 12. The van der Waals surface area contributed by atoms with Crippen molar-refractivity contribution in [3.63, 3.8) is 0 Å². The number of hydrogen-bond acceptors (Lipinski definition) is 2. The van der Waals surface area contributed by atoms with E-state index >= 15 is 0 Å². The van der Waals surface area contributed by atoms with Gasteiger partial charge in [0.05, 0.1) is 16.7 Å². The summed E-state index contributed by atoms with van der Waals surface area (Å²) in [6, 6.07) is 106. The van der Waals surface area contributed by atoms with Crippen LogP contribution in [0.2, 0.25) is 0 Å². The van der Waals surface area contributed by atoms with Crippen LogP contribution in [-0.2, 0) is 0 Å². The highest BCUT2D eigenvalue weighted by molar-refractivity contribution is 7.26. The average Bonchev–Trinajstić information content (AvgIpc) is 4.04. The Balaban J connectivity index is 0.796. The Kier molecular flexibility index (Phi) is 11.1. The van der Waals surface area contributed by atoms with Gasteiger partial charge in [0.2, 0.25) is 0 Å². The zero-order valence-corrected chi connectivity index (χ0v) is 41.8. The highest BCUT2D eigenvalue weighted by Crippen LogP contribution is 2.43. The fourth-order valence-electron chi connectivity index (χ4n) is 11.1. The Morgan fingerprint density at radius 3 is 1.27 bits per heavy atom. The normalized spacial score (nSPS) is 11.5. The molecule has 3 heteroatoms. The van der Waals surface area contributed by atoms with Crippen LogP contribution in [0.15, 0.2) is 291 Å². The molecular formula is C72H48N2S. The molecule has 0 N–H and O–H groups in total. The summed E-state index contributed by atoms with van der Waals surface area (Å²) in [6.45, 7) is 0. The maximum Gasteiger partial charge on any atom is 0.0547 e. The molecule has 0 aliphatic rings. The van der Waals surface area contributed by atoms with Crippen molar-refractivity contribution in [3.8, 4) is 72.4 Å². The number of aromatic nitrogens is 1. The fourth-order valence-corrected chi connectivity index (χ4v) is 12.3. The monoisotopic (exact) mass is 972 g/mol. The number of nitrogens with zero attached hydrogens (tertiary/aromatic N) is 2. The van der Waals surface area contributed by atoms with Crippen molar-refractivity contribution < 1.29 is 0 Å². The molecular weight excluding hydrogens is 925 g/mol.